The molecule has 0 heterocycles. The molecule has 0 fully saturated rings. The summed E-state index contributed by atoms with van der Waals surface area (Å²) < 4.78 is 0. The molecule has 98 valence electrons. The van der Waals surface area contributed by atoms with Gasteiger partial charge in [0.25, 0.3) is 0 Å². The average molecular weight is 276 g/mol. The van der Waals surface area contributed by atoms with Gasteiger partial charge in [-0.3, -0.25) is 9.59 Å². The van der Waals surface area contributed by atoms with Crippen LogP contribution in [-0.4, -0.2) is 43.8 Å². The summed E-state index contributed by atoms with van der Waals surface area (Å²) in [4.78, 5) is 19.7. The molecule has 0 bridgehead atoms. The van der Waals surface area contributed by atoms with E-state index in [0.717, 1.165) is 18.1 Å². The van der Waals surface area contributed by atoms with Crippen molar-refractivity contribution in [3.63, 3.8) is 0 Å². The van der Waals surface area contributed by atoms with E-state index in [1.165, 1.54) is 12.2 Å². The molecule has 4 nitrogen and oxygen atoms in total. The van der Waals surface area contributed by atoms with Crippen LogP contribution in [0.25, 0.3) is 0 Å². The van der Waals surface area contributed by atoms with Crippen LogP contribution >= 0.6 is 21.6 Å². The van der Waals surface area contributed by atoms with Gasteiger partial charge < -0.3 is 10.6 Å². The first-order chi connectivity index (χ1) is 8.22. The van der Waals surface area contributed by atoms with E-state index >= 15 is 0 Å². The quantitative estimate of drug-likeness (QED) is 0.287. The minimum atomic E-state index is -0.0965. The Morgan fingerprint density at radius 1 is 1.24 bits per heavy atom. The number of amides is 1. The Kier molecular flexibility index (Phi) is 19.4. The Labute approximate surface area is 111 Å². The Morgan fingerprint density at radius 3 is 2.18 bits per heavy atom. The van der Waals surface area contributed by atoms with Crippen molar-refractivity contribution in [1.82, 2.24) is 10.6 Å². The van der Waals surface area contributed by atoms with Gasteiger partial charge in [-0.05, 0) is 19.2 Å². The zero-order chi connectivity index (χ0) is 13.4. The molecule has 17 heavy (non-hydrogen) atoms. The number of hydrogen-bond donors (Lipinski definition) is 2. The molecule has 0 aliphatic heterocycles. The lowest BCUT2D eigenvalue weighted by Crippen LogP contribution is -2.23. The van der Waals surface area contributed by atoms with Crippen molar-refractivity contribution in [2.24, 2.45) is 0 Å². The number of hydrogen-bond acceptors (Lipinski definition) is 5. The van der Waals surface area contributed by atoms with Crippen LogP contribution in [0.3, 0.4) is 0 Å². The Balaban J connectivity index is 0. The number of nitrogens with one attached hydrogen (secondary N) is 2. The van der Waals surface area contributed by atoms with E-state index in [2.05, 4.69) is 23.8 Å². The zero-order valence-electron chi connectivity index (χ0n) is 10.1. The lowest BCUT2D eigenvalue weighted by atomic mass is 10.6. The summed E-state index contributed by atoms with van der Waals surface area (Å²) in [7, 11) is 5.53. The molecule has 0 aromatic heterocycles. The number of aldehydes is 1. The number of rotatable bonds is 9. The highest BCUT2D eigenvalue weighted by molar-refractivity contribution is 8.76. The molecule has 0 rings (SSSR count). The van der Waals surface area contributed by atoms with E-state index < -0.39 is 0 Å². The molecular formula is C11H20N2O2S2. The number of carbonyl (C=O) groups is 2. The third-order valence-corrected chi connectivity index (χ3v) is 3.69. The van der Waals surface area contributed by atoms with Crippen LogP contribution in [0.2, 0.25) is 0 Å². The molecule has 0 spiro atoms. The van der Waals surface area contributed by atoms with Crippen LogP contribution in [0.5, 0.6) is 0 Å². The minimum Gasteiger partial charge on any atom is -0.352 e. The van der Waals surface area contributed by atoms with Gasteiger partial charge in [0.15, 0.2) is 0 Å². The first kappa shape index (κ1) is 18.6. The minimum absolute atomic E-state index is 0.0965. The highest BCUT2D eigenvalue weighted by Crippen LogP contribution is 2.18. The van der Waals surface area contributed by atoms with E-state index in [1.807, 2.05) is 17.8 Å². The van der Waals surface area contributed by atoms with Crippen LogP contribution in [0.15, 0.2) is 25.3 Å². The zero-order valence-corrected chi connectivity index (χ0v) is 11.7. The largest absolute Gasteiger partial charge is 0.352 e. The Morgan fingerprint density at radius 2 is 1.76 bits per heavy atom. The van der Waals surface area contributed by atoms with E-state index in [-0.39, 0.29) is 5.91 Å². The summed E-state index contributed by atoms with van der Waals surface area (Å²) in [5, 5.41) is 5.79. The van der Waals surface area contributed by atoms with Crippen LogP contribution in [0.4, 0.5) is 0 Å². The van der Waals surface area contributed by atoms with Crippen molar-refractivity contribution in [3.8, 4) is 0 Å². The third-order valence-electron chi connectivity index (χ3n) is 1.28. The average Bonchev–Trinajstić information content (AvgIpc) is 2.37. The molecule has 0 aromatic rings. The third kappa shape index (κ3) is 21.2. The maximum atomic E-state index is 10.7. The second-order valence-corrected chi connectivity index (χ2v) is 5.32. The van der Waals surface area contributed by atoms with Gasteiger partial charge >= 0.3 is 0 Å². The normalized spacial score (nSPS) is 8.53. The highest BCUT2D eigenvalue weighted by Gasteiger charge is 1.93. The van der Waals surface area contributed by atoms with Crippen LogP contribution in [-0.2, 0) is 9.59 Å². The van der Waals surface area contributed by atoms with Gasteiger partial charge in [-0.1, -0.05) is 34.7 Å². The van der Waals surface area contributed by atoms with Crippen molar-refractivity contribution < 1.29 is 9.59 Å². The second-order valence-electron chi connectivity index (χ2n) is 2.61. The Bertz CT molecular complexity index is 218. The van der Waals surface area contributed by atoms with Gasteiger partial charge in [0, 0.05) is 24.6 Å². The van der Waals surface area contributed by atoms with Gasteiger partial charge in [0.05, 0.1) is 0 Å². The fourth-order valence-electron chi connectivity index (χ4n) is 0.550. The maximum absolute atomic E-state index is 10.7. The topological polar surface area (TPSA) is 58.2 Å². The van der Waals surface area contributed by atoms with Gasteiger partial charge in [0.2, 0.25) is 5.91 Å². The van der Waals surface area contributed by atoms with Gasteiger partial charge in [-0.2, -0.15) is 0 Å². The predicted octanol–water partition coefficient (Wildman–Crippen LogP) is 1.26. The molecule has 0 unspecified atom stereocenters. The fourth-order valence-corrected chi connectivity index (χ4v) is 2.47. The molecule has 6 heteroatoms. The molecule has 0 radical (unpaired) electrons. The van der Waals surface area contributed by atoms with Gasteiger partial charge in [0.1, 0.15) is 6.29 Å². The van der Waals surface area contributed by atoms with Crippen LogP contribution in [0.1, 0.15) is 0 Å². The Hall–Kier alpha value is -0.720. The summed E-state index contributed by atoms with van der Waals surface area (Å²) in [6.45, 7) is 8.21. The lowest BCUT2D eigenvalue weighted by Gasteiger charge is -2.01. The van der Waals surface area contributed by atoms with Crippen molar-refractivity contribution >= 4 is 33.8 Å². The SMILES string of the molecule is C=CC(=O)NCCSSCCNC.C=CC=O. The summed E-state index contributed by atoms with van der Waals surface area (Å²) >= 11 is 0. The van der Waals surface area contributed by atoms with E-state index in [1.54, 1.807) is 10.8 Å². The maximum Gasteiger partial charge on any atom is 0.243 e. The van der Waals surface area contributed by atoms with E-state index in [9.17, 15) is 4.79 Å². The molecule has 0 atom stereocenters. The van der Waals surface area contributed by atoms with Crippen LogP contribution < -0.4 is 10.6 Å². The smallest absolute Gasteiger partial charge is 0.243 e. The molecule has 1 amide bonds. The summed E-state index contributed by atoms with van der Waals surface area (Å²) in [6, 6.07) is 0. The lowest BCUT2D eigenvalue weighted by molar-refractivity contribution is -0.116. The van der Waals surface area contributed by atoms with Crippen molar-refractivity contribution in [2.75, 3.05) is 31.6 Å². The monoisotopic (exact) mass is 276 g/mol. The van der Waals surface area contributed by atoms with Crippen molar-refractivity contribution in [1.29, 1.82) is 0 Å². The molecule has 0 saturated carbocycles. The fraction of sp³-hybridized carbons (Fsp3) is 0.455. The first-order valence-electron chi connectivity index (χ1n) is 5.08. The van der Waals surface area contributed by atoms with E-state index in [4.69, 9.17) is 4.79 Å². The summed E-state index contributed by atoms with van der Waals surface area (Å²) in [5.74, 6) is 1.94. The van der Waals surface area contributed by atoms with Gasteiger partial charge in [-0.15, -0.1) is 0 Å². The van der Waals surface area contributed by atoms with Crippen molar-refractivity contribution in [3.05, 3.63) is 25.3 Å². The molecular weight excluding hydrogens is 256 g/mol. The van der Waals surface area contributed by atoms with Gasteiger partial charge in [-0.25, -0.2) is 0 Å². The molecule has 0 aliphatic rings. The molecule has 2 N–H and O–H groups in total. The van der Waals surface area contributed by atoms with Crippen LogP contribution in [0, 0.1) is 0 Å². The molecule has 0 saturated heterocycles. The van der Waals surface area contributed by atoms with Crippen molar-refractivity contribution in [2.45, 2.75) is 0 Å². The molecule has 0 aromatic carbocycles. The predicted molar refractivity (Wildman–Crippen MR) is 78.3 cm³/mol. The summed E-state index contributed by atoms with van der Waals surface area (Å²) in [6.07, 6.45) is 3.12. The number of carbonyl (C=O) groups excluding carboxylic acids is 2. The second kappa shape index (κ2) is 17.7. The van der Waals surface area contributed by atoms with E-state index in [0.29, 0.717) is 12.8 Å². The first-order valence-corrected chi connectivity index (χ1v) is 7.57. The summed E-state index contributed by atoms with van der Waals surface area (Å²) in [5.41, 5.74) is 0. The number of allylic oxidation sites excluding steroid dienone is 1. The highest BCUT2D eigenvalue weighted by atomic mass is 33.1. The standard InChI is InChI=1S/C8H16N2OS2.C3H4O/c1-3-8(11)10-5-7-13-12-6-4-9-2;1-2-3-4/h3,9H,1,4-7H2,2H3,(H,10,11);2-3H,1H2. The molecule has 0 aliphatic carbocycles.